The smallest absolute Gasteiger partial charge is 0.225 e. The minimum absolute atomic E-state index is 0.0172. The molecule has 1 N–H and O–H groups in total. The third kappa shape index (κ3) is 5.43. The van der Waals surface area contributed by atoms with Crippen LogP contribution in [0.2, 0.25) is 0 Å². The first-order chi connectivity index (χ1) is 13.2. The van der Waals surface area contributed by atoms with E-state index in [1.807, 2.05) is 24.3 Å². The summed E-state index contributed by atoms with van der Waals surface area (Å²) < 4.78 is 10.7. The number of carbonyl (C=O) groups excluding carboxylic acids is 2. The van der Waals surface area contributed by atoms with Gasteiger partial charge in [0.2, 0.25) is 11.8 Å². The molecule has 27 heavy (non-hydrogen) atoms. The van der Waals surface area contributed by atoms with Crippen LogP contribution < -0.4 is 10.1 Å². The van der Waals surface area contributed by atoms with E-state index in [0.717, 1.165) is 50.6 Å². The van der Waals surface area contributed by atoms with Gasteiger partial charge >= 0.3 is 0 Å². The molecule has 0 saturated carbocycles. The molecule has 2 heterocycles. The molecule has 148 valence electrons. The molecule has 1 unspecified atom stereocenters. The molecule has 7 heteroatoms. The van der Waals surface area contributed by atoms with E-state index in [4.69, 9.17) is 9.47 Å². The number of ether oxygens (including phenoxy) is 2. The average molecular weight is 375 g/mol. The molecule has 2 saturated heterocycles. The number of nitrogens with one attached hydrogen (secondary N) is 1. The Bertz CT molecular complexity index is 646. The zero-order valence-electron chi connectivity index (χ0n) is 16.0. The van der Waals surface area contributed by atoms with Gasteiger partial charge in [0.25, 0.3) is 0 Å². The lowest BCUT2D eigenvalue weighted by molar-refractivity contribution is -0.129. The lowest BCUT2D eigenvalue weighted by Gasteiger charge is -2.26. The topological polar surface area (TPSA) is 71.1 Å². The maximum atomic E-state index is 12.4. The molecule has 1 aromatic rings. The number of hydrogen-bond donors (Lipinski definition) is 1. The second-order valence-electron chi connectivity index (χ2n) is 7.05. The van der Waals surface area contributed by atoms with Gasteiger partial charge in [-0.1, -0.05) is 18.2 Å². The minimum atomic E-state index is -0.250. The second-order valence-corrected chi connectivity index (χ2v) is 7.05. The number of hydrogen-bond acceptors (Lipinski definition) is 5. The molecular weight excluding hydrogens is 346 g/mol. The van der Waals surface area contributed by atoms with Crippen LogP contribution in [0.4, 0.5) is 0 Å². The monoisotopic (exact) mass is 375 g/mol. The first kappa shape index (κ1) is 19.6. The maximum Gasteiger partial charge on any atom is 0.225 e. The Balaban J connectivity index is 1.41. The summed E-state index contributed by atoms with van der Waals surface area (Å²) in [6.07, 6.45) is 1.02. The number of para-hydroxylation sites is 1. The number of amides is 2. The summed E-state index contributed by atoms with van der Waals surface area (Å²) in [7, 11) is 1.65. The lowest BCUT2D eigenvalue weighted by atomic mass is 10.1. The Hall–Kier alpha value is -2.12. The molecule has 3 rings (SSSR count). The van der Waals surface area contributed by atoms with Gasteiger partial charge < -0.3 is 19.7 Å². The zero-order valence-corrected chi connectivity index (χ0v) is 16.0. The van der Waals surface area contributed by atoms with Crippen molar-refractivity contribution < 1.29 is 19.1 Å². The van der Waals surface area contributed by atoms with E-state index in [9.17, 15) is 9.59 Å². The van der Waals surface area contributed by atoms with Gasteiger partial charge in [-0.2, -0.15) is 0 Å². The van der Waals surface area contributed by atoms with Crippen molar-refractivity contribution in [1.29, 1.82) is 0 Å². The van der Waals surface area contributed by atoms with Gasteiger partial charge in [0.1, 0.15) is 5.75 Å². The minimum Gasteiger partial charge on any atom is -0.496 e. The van der Waals surface area contributed by atoms with Crippen LogP contribution in [0.3, 0.4) is 0 Å². The average Bonchev–Trinajstić information content (AvgIpc) is 3.08. The molecule has 2 aliphatic rings. The molecule has 0 bridgehead atoms. The van der Waals surface area contributed by atoms with Crippen LogP contribution in [0.5, 0.6) is 5.75 Å². The normalized spacial score (nSPS) is 20.7. The Morgan fingerprint density at radius 3 is 2.81 bits per heavy atom. The number of morpholine rings is 1. The Labute approximate surface area is 160 Å². The van der Waals surface area contributed by atoms with Gasteiger partial charge in [-0.25, -0.2) is 0 Å². The van der Waals surface area contributed by atoms with Crippen LogP contribution in [0.1, 0.15) is 12.0 Å². The highest BCUT2D eigenvalue weighted by Gasteiger charge is 2.33. The highest BCUT2D eigenvalue weighted by Crippen LogP contribution is 2.21. The van der Waals surface area contributed by atoms with E-state index in [1.165, 1.54) is 0 Å². The first-order valence-electron chi connectivity index (χ1n) is 9.65. The van der Waals surface area contributed by atoms with Gasteiger partial charge in [0, 0.05) is 45.7 Å². The Morgan fingerprint density at radius 1 is 1.26 bits per heavy atom. The van der Waals surface area contributed by atoms with Crippen LogP contribution in [0.25, 0.3) is 0 Å². The maximum absolute atomic E-state index is 12.4. The van der Waals surface area contributed by atoms with Crippen LogP contribution >= 0.6 is 0 Å². The van der Waals surface area contributed by atoms with Crippen LogP contribution in [0.15, 0.2) is 24.3 Å². The van der Waals surface area contributed by atoms with Gasteiger partial charge in [-0.05, 0) is 18.1 Å². The fraction of sp³-hybridized carbons (Fsp3) is 0.600. The zero-order chi connectivity index (χ0) is 19.1. The summed E-state index contributed by atoms with van der Waals surface area (Å²) in [5.74, 6) is 0.621. The highest BCUT2D eigenvalue weighted by atomic mass is 16.5. The molecule has 1 aromatic carbocycles. The van der Waals surface area contributed by atoms with E-state index < -0.39 is 0 Å². The van der Waals surface area contributed by atoms with Crippen molar-refractivity contribution in [2.24, 2.45) is 5.92 Å². The van der Waals surface area contributed by atoms with E-state index in [2.05, 4.69) is 10.2 Å². The molecule has 0 spiro atoms. The summed E-state index contributed by atoms with van der Waals surface area (Å²) in [4.78, 5) is 28.7. The van der Waals surface area contributed by atoms with Crippen molar-refractivity contribution in [2.45, 2.75) is 12.8 Å². The van der Waals surface area contributed by atoms with Gasteiger partial charge in [0.05, 0.1) is 26.2 Å². The molecule has 0 radical (unpaired) electrons. The highest BCUT2D eigenvalue weighted by molar-refractivity contribution is 5.89. The summed E-state index contributed by atoms with van der Waals surface area (Å²) >= 11 is 0. The summed E-state index contributed by atoms with van der Waals surface area (Å²) in [6.45, 7) is 5.88. The quantitative estimate of drug-likeness (QED) is 0.718. The van der Waals surface area contributed by atoms with E-state index in [1.54, 1.807) is 12.0 Å². The van der Waals surface area contributed by atoms with E-state index in [0.29, 0.717) is 26.1 Å². The van der Waals surface area contributed by atoms with Crippen LogP contribution in [-0.4, -0.2) is 81.2 Å². The van der Waals surface area contributed by atoms with Crippen molar-refractivity contribution in [3.05, 3.63) is 29.8 Å². The van der Waals surface area contributed by atoms with Crippen LogP contribution in [-0.2, 0) is 20.7 Å². The number of carbonyl (C=O) groups is 2. The molecule has 2 fully saturated rings. The summed E-state index contributed by atoms with van der Waals surface area (Å²) in [5.41, 5.74) is 1.08. The number of rotatable bonds is 8. The Morgan fingerprint density at radius 2 is 2.04 bits per heavy atom. The lowest BCUT2D eigenvalue weighted by Crippen LogP contribution is -2.42. The largest absolute Gasteiger partial charge is 0.496 e. The van der Waals surface area contributed by atoms with Gasteiger partial charge in [-0.3, -0.25) is 14.5 Å². The van der Waals surface area contributed by atoms with E-state index >= 15 is 0 Å². The predicted molar refractivity (Wildman–Crippen MR) is 102 cm³/mol. The molecule has 0 aliphatic carbocycles. The SMILES string of the molecule is COc1ccccc1CCN1CC(C(=O)NCCN2CCOCC2)CC1=O. The van der Waals surface area contributed by atoms with Gasteiger partial charge in [-0.15, -0.1) is 0 Å². The number of likely N-dealkylation sites (tertiary alicyclic amines) is 1. The molecule has 1 atom stereocenters. The van der Waals surface area contributed by atoms with Crippen molar-refractivity contribution in [3.63, 3.8) is 0 Å². The van der Waals surface area contributed by atoms with E-state index in [-0.39, 0.29) is 17.7 Å². The summed E-state index contributed by atoms with van der Waals surface area (Å²) in [6, 6.07) is 7.83. The molecular formula is C20H29N3O4. The molecule has 2 amide bonds. The number of benzene rings is 1. The predicted octanol–water partition coefficient (Wildman–Crippen LogP) is 0.535. The number of methoxy groups -OCH3 is 1. The standard InChI is InChI=1S/C20H29N3O4/c1-26-18-5-3-2-4-16(18)6-8-23-15-17(14-19(23)24)20(25)21-7-9-22-10-12-27-13-11-22/h2-5,17H,6-15H2,1H3,(H,21,25). The fourth-order valence-corrected chi connectivity index (χ4v) is 3.64. The fourth-order valence-electron chi connectivity index (χ4n) is 3.64. The third-order valence-electron chi connectivity index (χ3n) is 5.26. The first-order valence-corrected chi connectivity index (χ1v) is 9.65. The molecule has 2 aliphatic heterocycles. The molecule has 7 nitrogen and oxygen atoms in total. The Kier molecular flexibility index (Phi) is 7.06. The third-order valence-corrected chi connectivity index (χ3v) is 5.26. The second kappa shape index (κ2) is 9.71. The van der Waals surface area contributed by atoms with Crippen molar-refractivity contribution >= 4 is 11.8 Å². The number of nitrogens with zero attached hydrogens (tertiary/aromatic N) is 2. The van der Waals surface area contributed by atoms with Gasteiger partial charge in [0.15, 0.2) is 0 Å². The molecule has 0 aromatic heterocycles. The van der Waals surface area contributed by atoms with Crippen LogP contribution in [0, 0.1) is 5.92 Å². The summed E-state index contributed by atoms with van der Waals surface area (Å²) in [5, 5.41) is 2.98. The van der Waals surface area contributed by atoms with Crippen molar-refractivity contribution in [1.82, 2.24) is 15.1 Å². The van der Waals surface area contributed by atoms with Crippen molar-refractivity contribution in [2.75, 3.05) is 59.6 Å². The van der Waals surface area contributed by atoms with Crippen molar-refractivity contribution in [3.8, 4) is 5.75 Å².